The normalized spacial score (nSPS) is 11.1. The van der Waals surface area contributed by atoms with Crippen LogP contribution in [0.2, 0.25) is 0 Å². The molecule has 0 unspecified atom stereocenters. The van der Waals surface area contributed by atoms with Gasteiger partial charge in [-0.05, 0) is 13.8 Å². The van der Waals surface area contributed by atoms with E-state index in [1.165, 1.54) is 38.0 Å². The lowest BCUT2D eigenvalue weighted by molar-refractivity contribution is -0.146. The molecule has 0 saturated heterocycles. The SMILES string of the molecule is COC(=O)c1cnn(C(C)(C)C(=O)O)c1. The highest BCUT2D eigenvalue weighted by molar-refractivity contribution is 5.88. The zero-order valence-electron chi connectivity index (χ0n) is 8.72. The number of carbonyl (C=O) groups is 2. The smallest absolute Gasteiger partial charge is 0.341 e. The molecule has 1 aromatic rings. The summed E-state index contributed by atoms with van der Waals surface area (Å²) in [5, 5.41) is 12.7. The van der Waals surface area contributed by atoms with Crippen LogP contribution in [-0.2, 0) is 15.1 Å². The number of carboxylic acid groups (broad SMARTS) is 1. The number of nitrogens with zero attached hydrogens (tertiary/aromatic N) is 2. The molecule has 82 valence electrons. The number of methoxy groups -OCH3 is 1. The van der Waals surface area contributed by atoms with Crippen molar-refractivity contribution in [3.63, 3.8) is 0 Å². The Labute approximate surface area is 86.5 Å². The Balaban J connectivity index is 3.04. The number of carbonyl (C=O) groups excluding carboxylic acids is 1. The number of aromatic nitrogens is 2. The van der Waals surface area contributed by atoms with Crippen LogP contribution < -0.4 is 0 Å². The van der Waals surface area contributed by atoms with E-state index in [9.17, 15) is 9.59 Å². The van der Waals surface area contributed by atoms with Crippen LogP contribution in [-0.4, -0.2) is 33.9 Å². The summed E-state index contributed by atoms with van der Waals surface area (Å²) >= 11 is 0. The van der Waals surface area contributed by atoms with Crippen LogP contribution in [0.25, 0.3) is 0 Å². The standard InChI is InChI=1S/C9H12N2O4/c1-9(2,8(13)14)11-5-6(4-10-11)7(12)15-3/h4-5H,1-3H3,(H,13,14). The third kappa shape index (κ3) is 1.98. The average Bonchev–Trinajstić information content (AvgIpc) is 2.65. The lowest BCUT2D eigenvalue weighted by atomic mass is 10.1. The van der Waals surface area contributed by atoms with Gasteiger partial charge in [-0.3, -0.25) is 4.68 Å². The van der Waals surface area contributed by atoms with E-state index in [0.717, 1.165) is 0 Å². The van der Waals surface area contributed by atoms with Crippen LogP contribution in [0, 0.1) is 0 Å². The summed E-state index contributed by atoms with van der Waals surface area (Å²) in [5.41, 5.74) is -0.960. The molecular formula is C9H12N2O4. The van der Waals surface area contributed by atoms with Gasteiger partial charge >= 0.3 is 11.9 Å². The second-order valence-electron chi connectivity index (χ2n) is 3.53. The van der Waals surface area contributed by atoms with E-state index in [4.69, 9.17) is 5.11 Å². The molecule has 0 atom stereocenters. The minimum Gasteiger partial charge on any atom is -0.479 e. The van der Waals surface area contributed by atoms with Crippen molar-refractivity contribution in [1.82, 2.24) is 9.78 Å². The molecule has 6 heteroatoms. The van der Waals surface area contributed by atoms with Gasteiger partial charge in [0, 0.05) is 6.20 Å². The summed E-state index contributed by atoms with van der Waals surface area (Å²) in [6, 6.07) is 0. The van der Waals surface area contributed by atoms with Crippen molar-refractivity contribution in [2.24, 2.45) is 0 Å². The fourth-order valence-electron chi connectivity index (χ4n) is 0.950. The Kier molecular flexibility index (Phi) is 2.78. The number of aliphatic carboxylic acids is 1. The van der Waals surface area contributed by atoms with Crippen LogP contribution in [0.15, 0.2) is 12.4 Å². The van der Waals surface area contributed by atoms with E-state index in [1.807, 2.05) is 0 Å². The van der Waals surface area contributed by atoms with Crippen molar-refractivity contribution >= 4 is 11.9 Å². The summed E-state index contributed by atoms with van der Waals surface area (Å²) in [7, 11) is 1.25. The largest absolute Gasteiger partial charge is 0.479 e. The summed E-state index contributed by atoms with van der Waals surface area (Å²) in [6.07, 6.45) is 2.62. The Morgan fingerprint density at radius 2 is 2.13 bits per heavy atom. The van der Waals surface area contributed by atoms with Gasteiger partial charge in [0.1, 0.15) is 0 Å². The molecule has 1 N–H and O–H groups in total. The van der Waals surface area contributed by atoms with Gasteiger partial charge in [0.05, 0.1) is 18.9 Å². The fraction of sp³-hybridized carbons (Fsp3) is 0.444. The Morgan fingerprint density at radius 1 is 1.53 bits per heavy atom. The molecule has 1 rings (SSSR count). The quantitative estimate of drug-likeness (QED) is 0.737. The van der Waals surface area contributed by atoms with Crippen molar-refractivity contribution in [1.29, 1.82) is 0 Å². The van der Waals surface area contributed by atoms with Crippen LogP contribution in [0.1, 0.15) is 24.2 Å². The molecule has 0 aliphatic rings. The molecule has 0 bridgehead atoms. The molecule has 0 saturated carbocycles. The van der Waals surface area contributed by atoms with Gasteiger partial charge in [-0.15, -0.1) is 0 Å². The summed E-state index contributed by atoms with van der Waals surface area (Å²) in [5.74, 6) is -1.57. The predicted octanol–water partition coefficient (Wildman–Crippen LogP) is 0.489. The van der Waals surface area contributed by atoms with Crippen LogP contribution in [0.4, 0.5) is 0 Å². The highest BCUT2D eigenvalue weighted by Gasteiger charge is 2.30. The number of ether oxygens (including phenoxy) is 1. The molecule has 0 aliphatic carbocycles. The minimum atomic E-state index is -1.19. The molecular weight excluding hydrogens is 200 g/mol. The number of rotatable bonds is 3. The zero-order valence-corrected chi connectivity index (χ0v) is 8.72. The molecule has 1 heterocycles. The van der Waals surface area contributed by atoms with Crippen LogP contribution in [0.3, 0.4) is 0 Å². The first-order valence-corrected chi connectivity index (χ1v) is 4.26. The molecule has 0 aliphatic heterocycles. The van der Waals surface area contributed by atoms with E-state index in [0.29, 0.717) is 0 Å². The fourth-order valence-corrected chi connectivity index (χ4v) is 0.950. The van der Waals surface area contributed by atoms with E-state index in [2.05, 4.69) is 9.84 Å². The lowest BCUT2D eigenvalue weighted by Crippen LogP contribution is -2.36. The zero-order chi connectivity index (χ0) is 11.6. The molecule has 0 fully saturated rings. The second-order valence-corrected chi connectivity index (χ2v) is 3.53. The van der Waals surface area contributed by atoms with Crippen molar-refractivity contribution in [2.45, 2.75) is 19.4 Å². The lowest BCUT2D eigenvalue weighted by Gasteiger charge is -2.19. The highest BCUT2D eigenvalue weighted by Crippen LogP contribution is 2.15. The van der Waals surface area contributed by atoms with E-state index in [-0.39, 0.29) is 5.56 Å². The first-order valence-electron chi connectivity index (χ1n) is 4.26. The Bertz CT molecular complexity index is 395. The summed E-state index contributed by atoms with van der Waals surface area (Å²) in [4.78, 5) is 22.0. The van der Waals surface area contributed by atoms with E-state index < -0.39 is 17.5 Å². The monoisotopic (exact) mass is 212 g/mol. The molecule has 6 nitrogen and oxygen atoms in total. The molecule has 0 radical (unpaired) electrons. The second kappa shape index (κ2) is 3.72. The molecule has 15 heavy (non-hydrogen) atoms. The van der Waals surface area contributed by atoms with Gasteiger partial charge in [0.2, 0.25) is 0 Å². The first kappa shape index (κ1) is 11.2. The molecule has 0 aromatic carbocycles. The van der Waals surface area contributed by atoms with Crippen molar-refractivity contribution in [3.05, 3.63) is 18.0 Å². The Hall–Kier alpha value is -1.85. The summed E-state index contributed by atoms with van der Waals surface area (Å²) < 4.78 is 5.69. The van der Waals surface area contributed by atoms with Gasteiger partial charge in [0.15, 0.2) is 5.54 Å². The van der Waals surface area contributed by atoms with Gasteiger partial charge in [0.25, 0.3) is 0 Å². The highest BCUT2D eigenvalue weighted by atomic mass is 16.5. The number of hydrogen-bond acceptors (Lipinski definition) is 4. The molecule has 0 amide bonds. The van der Waals surface area contributed by atoms with E-state index >= 15 is 0 Å². The average molecular weight is 212 g/mol. The van der Waals surface area contributed by atoms with E-state index in [1.54, 1.807) is 0 Å². The van der Waals surface area contributed by atoms with Crippen LogP contribution in [0.5, 0.6) is 0 Å². The van der Waals surface area contributed by atoms with Gasteiger partial charge in [-0.1, -0.05) is 0 Å². The maximum atomic E-state index is 11.1. The minimum absolute atomic E-state index is 0.229. The molecule has 1 aromatic heterocycles. The van der Waals surface area contributed by atoms with Gasteiger partial charge < -0.3 is 9.84 Å². The number of esters is 1. The third-order valence-electron chi connectivity index (χ3n) is 2.10. The van der Waals surface area contributed by atoms with Crippen molar-refractivity contribution < 1.29 is 19.4 Å². The van der Waals surface area contributed by atoms with Crippen molar-refractivity contribution in [3.8, 4) is 0 Å². The van der Waals surface area contributed by atoms with Gasteiger partial charge in [-0.2, -0.15) is 5.10 Å². The topological polar surface area (TPSA) is 81.4 Å². The maximum absolute atomic E-state index is 11.1. The first-order chi connectivity index (χ1) is 6.89. The number of hydrogen-bond donors (Lipinski definition) is 1. The maximum Gasteiger partial charge on any atom is 0.341 e. The van der Waals surface area contributed by atoms with Gasteiger partial charge in [-0.25, -0.2) is 9.59 Å². The van der Waals surface area contributed by atoms with Crippen LogP contribution >= 0.6 is 0 Å². The Morgan fingerprint density at radius 3 is 2.60 bits per heavy atom. The third-order valence-corrected chi connectivity index (χ3v) is 2.10. The summed E-state index contributed by atoms with van der Waals surface area (Å²) in [6.45, 7) is 2.98. The predicted molar refractivity (Wildman–Crippen MR) is 50.5 cm³/mol. The molecule has 0 spiro atoms. The number of carboxylic acids is 1. The van der Waals surface area contributed by atoms with Crippen molar-refractivity contribution in [2.75, 3.05) is 7.11 Å².